The predicted molar refractivity (Wildman–Crippen MR) is 92.8 cm³/mol. The lowest BCUT2D eigenvalue weighted by Gasteiger charge is -2.20. The zero-order chi connectivity index (χ0) is 18.6. The second kappa shape index (κ2) is 7.88. The van der Waals surface area contributed by atoms with Crippen molar-refractivity contribution in [3.8, 4) is 0 Å². The van der Waals surface area contributed by atoms with Crippen molar-refractivity contribution in [2.75, 3.05) is 25.0 Å². The molecule has 2 rings (SSSR count). The van der Waals surface area contributed by atoms with Gasteiger partial charge >= 0.3 is 0 Å². The SMILES string of the molecule is CCN(CC)S(=O)(=O)c1ccc(N(C)Cc2ccc(F)cc2F)nc1. The highest BCUT2D eigenvalue weighted by atomic mass is 32.2. The van der Waals surface area contributed by atoms with E-state index >= 15 is 0 Å². The maximum Gasteiger partial charge on any atom is 0.244 e. The van der Waals surface area contributed by atoms with E-state index in [1.54, 1.807) is 31.9 Å². The van der Waals surface area contributed by atoms with Gasteiger partial charge in [0, 0.05) is 44.5 Å². The molecule has 0 fully saturated rings. The molecule has 5 nitrogen and oxygen atoms in total. The first-order valence-corrected chi connectivity index (χ1v) is 9.34. The number of hydrogen-bond donors (Lipinski definition) is 0. The minimum Gasteiger partial charge on any atom is -0.355 e. The van der Waals surface area contributed by atoms with Gasteiger partial charge < -0.3 is 4.90 Å². The molecule has 0 saturated heterocycles. The Labute approximate surface area is 147 Å². The van der Waals surface area contributed by atoms with Gasteiger partial charge in [-0.05, 0) is 18.2 Å². The van der Waals surface area contributed by atoms with Gasteiger partial charge in [-0.2, -0.15) is 4.31 Å². The first kappa shape index (κ1) is 19.3. The van der Waals surface area contributed by atoms with Crippen LogP contribution in [0.25, 0.3) is 0 Å². The van der Waals surface area contributed by atoms with Gasteiger partial charge in [-0.25, -0.2) is 22.2 Å². The lowest BCUT2D eigenvalue weighted by molar-refractivity contribution is 0.445. The highest BCUT2D eigenvalue weighted by molar-refractivity contribution is 7.89. The van der Waals surface area contributed by atoms with Gasteiger partial charge in [0.2, 0.25) is 10.0 Å². The minimum absolute atomic E-state index is 0.112. The number of benzene rings is 1. The fraction of sp³-hybridized carbons (Fsp3) is 0.353. The van der Waals surface area contributed by atoms with E-state index in [4.69, 9.17) is 0 Å². The fourth-order valence-electron chi connectivity index (χ4n) is 2.45. The van der Waals surface area contributed by atoms with Crippen LogP contribution >= 0.6 is 0 Å². The molecule has 1 aromatic heterocycles. The molecule has 136 valence electrons. The molecule has 1 aromatic carbocycles. The van der Waals surface area contributed by atoms with Crippen molar-refractivity contribution in [3.63, 3.8) is 0 Å². The summed E-state index contributed by atoms with van der Waals surface area (Å²) in [5.74, 6) is -0.775. The molecule has 8 heteroatoms. The molecule has 1 heterocycles. The largest absolute Gasteiger partial charge is 0.355 e. The second-order valence-corrected chi connectivity index (χ2v) is 7.47. The normalized spacial score (nSPS) is 11.8. The van der Waals surface area contributed by atoms with Crippen LogP contribution in [0.5, 0.6) is 0 Å². The van der Waals surface area contributed by atoms with Crippen LogP contribution in [-0.2, 0) is 16.6 Å². The summed E-state index contributed by atoms with van der Waals surface area (Å²) in [6.45, 7) is 4.48. The predicted octanol–water partition coefficient (Wildman–Crippen LogP) is 3.03. The van der Waals surface area contributed by atoms with E-state index in [1.165, 1.54) is 28.7 Å². The maximum atomic E-state index is 13.7. The van der Waals surface area contributed by atoms with Crippen LogP contribution in [0, 0.1) is 11.6 Å². The smallest absolute Gasteiger partial charge is 0.244 e. The summed E-state index contributed by atoms with van der Waals surface area (Å²) >= 11 is 0. The molecule has 0 saturated carbocycles. The zero-order valence-electron chi connectivity index (χ0n) is 14.4. The van der Waals surface area contributed by atoms with Crippen LogP contribution in [0.15, 0.2) is 41.4 Å². The standard InChI is InChI=1S/C17H21F2N3O2S/c1-4-22(5-2)25(23,24)15-8-9-17(20-11-15)21(3)12-13-6-7-14(18)10-16(13)19/h6-11H,4-5,12H2,1-3H3. The average Bonchev–Trinajstić information content (AvgIpc) is 2.58. The molecule has 0 aliphatic rings. The molecule has 0 aliphatic carbocycles. The molecule has 0 amide bonds. The molecular weight excluding hydrogens is 348 g/mol. The summed E-state index contributed by atoms with van der Waals surface area (Å²) in [5.41, 5.74) is 0.325. The van der Waals surface area contributed by atoms with Crippen LogP contribution in [0.1, 0.15) is 19.4 Å². The first-order valence-electron chi connectivity index (χ1n) is 7.90. The molecule has 2 aromatic rings. The van der Waals surface area contributed by atoms with Crippen molar-refractivity contribution < 1.29 is 17.2 Å². The Bertz CT molecular complexity index is 822. The van der Waals surface area contributed by atoms with Crippen molar-refractivity contribution in [1.29, 1.82) is 0 Å². The number of pyridine rings is 1. The highest BCUT2D eigenvalue weighted by Gasteiger charge is 2.22. The van der Waals surface area contributed by atoms with Crippen LogP contribution in [0.3, 0.4) is 0 Å². The van der Waals surface area contributed by atoms with E-state index < -0.39 is 21.7 Å². The summed E-state index contributed by atoms with van der Waals surface area (Å²) < 4.78 is 52.9. The quantitative estimate of drug-likeness (QED) is 0.753. The van der Waals surface area contributed by atoms with Crippen LogP contribution in [0.2, 0.25) is 0 Å². The third kappa shape index (κ3) is 4.32. The molecule has 0 aliphatic heterocycles. The maximum absolute atomic E-state index is 13.7. The Morgan fingerprint density at radius 2 is 1.76 bits per heavy atom. The molecule has 0 spiro atoms. The number of hydrogen-bond acceptors (Lipinski definition) is 4. The summed E-state index contributed by atoms with van der Waals surface area (Å²) in [6.07, 6.45) is 1.29. The molecule has 0 unspecified atom stereocenters. The molecular formula is C17H21F2N3O2S. The van der Waals surface area contributed by atoms with E-state index in [2.05, 4.69) is 4.98 Å². The monoisotopic (exact) mass is 369 g/mol. The third-order valence-electron chi connectivity index (χ3n) is 3.88. The van der Waals surface area contributed by atoms with Gasteiger partial charge in [0.15, 0.2) is 0 Å². The van der Waals surface area contributed by atoms with Gasteiger partial charge in [-0.1, -0.05) is 19.9 Å². The zero-order valence-corrected chi connectivity index (χ0v) is 15.2. The number of halogens is 2. The fourth-order valence-corrected chi connectivity index (χ4v) is 3.85. The third-order valence-corrected chi connectivity index (χ3v) is 5.91. The molecule has 0 N–H and O–H groups in total. The topological polar surface area (TPSA) is 53.5 Å². The minimum atomic E-state index is -3.56. The average molecular weight is 369 g/mol. The van der Waals surface area contributed by atoms with Crippen molar-refractivity contribution in [2.45, 2.75) is 25.3 Å². The molecule has 25 heavy (non-hydrogen) atoms. The lowest BCUT2D eigenvalue weighted by Crippen LogP contribution is -2.30. The Morgan fingerprint density at radius 1 is 1.08 bits per heavy atom. The van der Waals surface area contributed by atoms with Gasteiger partial charge in [0.25, 0.3) is 0 Å². The second-order valence-electron chi connectivity index (χ2n) is 5.53. The van der Waals surface area contributed by atoms with E-state index in [0.717, 1.165) is 6.07 Å². The van der Waals surface area contributed by atoms with E-state index in [1.807, 2.05) is 0 Å². The van der Waals surface area contributed by atoms with Gasteiger partial charge in [0.1, 0.15) is 22.3 Å². The van der Waals surface area contributed by atoms with Crippen LogP contribution in [0.4, 0.5) is 14.6 Å². The Balaban J connectivity index is 2.19. The lowest BCUT2D eigenvalue weighted by atomic mass is 10.2. The summed E-state index contributed by atoms with van der Waals surface area (Å²) in [6, 6.07) is 6.45. The van der Waals surface area contributed by atoms with Crippen molar-refractivity contribution in [3.05, 3.63) is 53.7 Å². The number of rotatable bonds is 7. The van der Waals surface area contributed by atoms with E-state index in [0.29, 0.717) is 24.5 Å². The van der Waals surface area contributed by atoms with Gasteiger partial charge in [0.05, 0.1) is 0 Å². The number of anilines is 1. The van der Waals surface area contributed by atoms with Crippen molar-refractivity contribution in [1.82, 2.24) is 9.29 Å². The van der Waals surface area contributed by atoms with E-state index in [9.17, 15) is 17.2 Å². The van der Waals surface area contributed by atoms with Gasteiger partial charge in [-0.3, -0.25) is 0 Å². The van der Waals surface area contributed by atoms with Crippen LogP contribution < -0.4 is 4.90 Å². The Hall–Kier alpha value is -2.06. The van der Waals surface area contributed by atoms with E-state index in [-0.39, 0.29) is 11.4 Å². The van der Waals surface area contributed by atoms with Crippen molar-refractivity contribution >= 4 is 15.8 Å². The molecule has 0 atom stereocenters. The molecule has 0 radical (unpaired) electrons. The van der Waals surface area contributed by atoms with Gasteiger partial charge in [-0.15, -0.1) is 0 Å². The number of sulfonamides is 1. The number of nitrogens with zero attached hydrogens (tertiary/aromatic N) is 3. The number of aromatic nitrogens is 1. The highest BCUT2D eigenvalue weighted by Crippen LogP contribution is 2.19. The molecule has 0 bridgehead atoms. The Morgan fingerprint density at radius 3 is 2.28 bits per heavy atom. The Kier molecular flexibility index (Phi) is 6.07. The first-order chi connectivity index (χ1) is 11.8. The summed E-state index contributed by atoms with van der Waals surface area (Å²) in [7, 11) is -1.87. The summed E-state index contributed by atoms with van der Waals surface area (Å²) in [5, 5.41) is 0. The summed E-state index contributed by atoms with van der Waals surface area (Å²) in [4.78, 5) is 5.93. The van der Waals surface area contributed by atoms with Crippen LogP contribution in [-0.4, -0.2) is 37.8 Å². The van der Waals surface area contributed by atoms with Crippen molar-refractivity contribution in [2.24, 2.45) is 0 Å².